The lowest BCUT2D eigenvalue weighted by atomic mass is 9.92. The SMILES string of the molecule is C=C1CCCN(S(C)(=O)=O)c2cc3oc(-c4ccc(F)cc4F)c(C(=O)NC)c3cc21.CNC(=O)c1c(-c2ccc(F)cc2F)oc2cc3c(cc12)C(=O)CCCN3S(C)(=O)=O.CNC(=O)c1c(-c2ccc(F)cc2F)oc2cc3c(cc12)C(CO)CCCN3S(C)(=O)=O. The summed E-state index contributed by atoms with van der Waals surface area (Å²) in [4.78, 5) is 50.8. The molecule has 20 nitrogen and oxygen atoms in total. The molecule has 6 heterocycles. The van der Waals surface area contributed by atoms with Crippen LogP contribution in [0.1, 0.15) is 97.0 Å². The van der Waals surface area contributed by atoms with E-state index < -0.39 is 82.7 Å². The first-order valence-corrected chi connectivity index (χ1v) is 34.5. The highest BCUT2D eigenvalue weighted by Gasteiger charge is 2.35. The van der Waals surface area contributed by atoms with Gasteiger partial charge in [-0.05, 0) is 97.8 Å². The van der Waals surface area contributed by atoms with Crippen molar-refractivity contribution >= 4 is 109 Å². The van der Waals surface area contributed by atoms with E-state index in [-0.39, 0.29) is 128 Å². The number of furan rings is 3. The van der Waals surface area contributed by atoms with Crippen LogP contribution in [0.15, 0.2) is 111 Å². The minimum atomic E-state index is -3.68. The zero-order valence-electron chi connectivity index (χ0n) is 51.1. The number of hydrogen-bond acceptors (Lipinski definition) is 14. The Hall–Kier alpha value is -9.45. The molecule has 1 unspecified atom stereocenters. The number of nitrogens with one attached hydrogen (secondary N) is 3. The standard InChI is InChI=1S/C22H22F2N2O5S.C22H20F2N2O4S.C21H18F2N2O5S/c1-25-22(28)20-16-9-15-12(11-27)4-3-7-26(32(2,29)30)18(15)10-19(16)31-21(20)14-6-5-13(23)8-17(14)24;1-12-5-4-8-26(31(3,28)29)18-11-19-16(10-15(12)18)20(22(27)25-2)21(30-19)14-7-6-13(23)9-17(14)24;1-24-21(27)19-14-9-13-16(25(31(2,28)29)7-3-4-17(13)26)10-18(14)30-20(19)12-6-5-11(22)8-15(12)23/h5-6,8-10,12,27H,3-4,7,11H2,1-2H3,(H,25,28);6-7,9-11H,1,4-5,8H2,2-3H3,(H,25,27);5-6,8-10H,3-4,7H2,1-2H3,(H,24,27). The molecule has 0 spiro atoms. The predicted octanol–water partition coefficient (Wildman–Crippen LogP) is 11.2. The van der Waals surface area contributed by atoms with E-state index in [2.05, 4.69) is 22.5 Å². The monoisotopic (exact) mass is 1360 g/mol. The van der Waals surface area contributed by atoms with E-state index >= 15 is 0 Å². The van der Waals surface area contributed by atoms with Gasteiger partial charge in [-0.1, -0.05) is 6.58 Å². The van der Waals surface area contributed by atoms with E-state index in [1.54, 1.807) is 12.1 Å². The van der Waals surface area contributed by atoms with Crippen LogP contribution in [0.3, 0.4) is 0 Å². The van der Waals surface area contributed by atoms with Crippen molar-refractivity contribution in [1.82, 2.24) is 16.0 Å². The number of allylic oxidation sites excluding steroid dienone is 1. The Kier molecular flexibility index (Phi) is 18.8. The van der Waals surface area contributed by atoms with Crippen LogP contribution < -0.4 is 28.9 Å². The van der Waals surface area contributed by atoms with E-state index in [9.17, 15) is 75.9 Å². The summed E-state index contributed by atoms with van der Waals surface area (Å²) >= 11 is 0. The quantitative estimate of drug-likeness (QED) is 0.0927. The number of carbonyl (C=O) groups is 4. The third kappa shape index (κ3) is 13.0. The highest BCUT2D eigenvalue weighted by Crippen LogP contribution is 2.46. The molecule has 12 rings (SSSR count). The average molecular weight is 1360 g/mol. The molecule has 3 amide bonds. The van der Waals surface area contributed by atoms with E-state index in [4.69, 9.17) is 13.3 Å². The topological polar surface area (TPSA) is 276 Å². The number of Topliss-reactive ketones (excluding diaryl/α,β-unsaturated/α-hetero) is 1. The summed E-state index contributed by atoms with van der Waals surface area (Å²) in [5, 5.41) is 18.4. The number of hydrogen-bond donors (Lipinski definition) is 4. The van der Waals surface area contributed by atoms with Gasteiger partial charge in [0, 0.05) is 117 Å². The summed E-state index contributed by atoms with van der Waals surface area (Å²) in [5.74, 6) is -7.63. The molecule has 0 radical (unpaired) electrons. The van der Waals surface area contributed by atoms with Gasteiger partial charge < -0.3 is 34.3 Å². The number of rotatable bonds is 10. The minimum absolute atomic E-state index is 0.0336. The molecule has 9 aromatic rings. The first kappa shape index (κ1) is 67.4. The van der Waals surface area contributed by atoms with E-state index in [0.717, 1.165) is 52.9 Å². The summed E-state index contributed by atoms with van der Waals surface area (Å²) in [5.41, 5.74) is 3.11. The lowest BCUT2D eigenvalue weighted by molar-refractivity contribution is 0.0956. The van der Waals surface area contributed by atoms with Gasteiger partial charge in [0.05, 0.1) is 75.8 Å². The Morgan fingerprint density at radius 1 is 0.500 bits per heavy atom. The number of halogens is 6. The Labute approximate surface area is 534 Å². The lowest BCUT2D eigenvalue weighted by Crippen LogP contribution is -2.30. The number of amides is 3. The van der Waals surface area contributed by atoms with Crippen LogP contribution >= 0.6 is 0 Å². The second-order valence-electron chi connectivity index (χ2n) is 22.4. The maximum absolute atomic E-state index is 14.5. The third-order valence-electron chi connectivity index (χ3n) is 16.2. The number of benzene rings is 6. The molecule has 3 aromatic heterocycles. The minimum Gasteiger partial charge on any atom is -0.455 e. The molecular weight excluding hydrogens is 1300 g/mol. The molecule has 1 atom stereocenters. The second kappa shape index (κ2) is 26.2. The molecule has 0 saturated heterocycles. The van der Waals surface area contributed by atoms with Crippen molar-refractivity contribution in [2.75, 3.05) is 79.1 Å². The van der Waals surface area contributed by atoms with Crippen LogP contribution in [0.4, 0.5) is 43.4 Å². The number of aliphatic hydroxyl groups is 1. The van der Waals surface area contributed by atoms with E-state index in [1.165, 1.54) is 66.2 Å². The molecule has 3 aliphatic rings. The molecule has 6 aromatic carbocycles. The van der Waals surface area contributed by atoms with Crippen LogP contribution in [0.2, 0.25) is 0 Å². The van der Waals surface area contributed by atoms with Gasteiger partial charge >= 0.3 is 0 Å². The normalized spacial score (nSPS) is 15.2. The van der Waals surface area contributed by atoms with Crippen molar-refractivity contribution in [3.05, 3.63) is 166 Å². The molecule has 29 heteroatoms. The highest BCUT2D eigenvalue weighted by atomic mass is 32.2. The molecule has 94 heavy (non-hydrogen) atoms. The predicted molar refractivity (Wildman–Crippen MR) is 342 cm³/mol. The molecule has 4 N–H and O–H groups in total. The highest BCUT2D eigenvalue weighted by molar-refractivity contribution is 7.92. The van der Waals surface area contributed by atoms with Gasteiger partial charge in [0.2, 0.25) is 30.1 Å². The van der Waals surface area contributed by atoms with Gasteiger partial charge in [0.25, 0.3) is 17.7 Å². The number of anilines is 3. The number of nitrogens with zero attached hydrogens (tertiary/aromatic N) is 3. The van der Waals surface area contributed by atoms with Gasteiger partial charge in [-0.25, -0.2) is 51.6 Å². The summed E-state index contributed by atoms with van der Waals surface area (Å²) in [6.07, 6.45) is 6.00. The van der Waals surface area contributed by atoms with Gasteiger partial charge in [-0.15, -0.1) is 0 Å². The molecule has 0 fully saturated rings. The Balaban J connectivity index is 0.000000154. The summed E-state index contributed by atoms with van der Waals surface area (Å²) < 4.78 is 179. The molecule has 3 aliphatic heterocycles. The summed E-state index contributed by atoms with van der Waals surface area (Å²) in [6, 6.07) is 17.8. The van der Waals surface area contributed by atoms with E-state index in [0.29, 0.717) is 83.6 Å². The smallest absolute Gasteiger partial charge is 0.255 e. The first-order valence-electron chi connectivity index (χ1n) is 29.0. The third-order valence-corrected chi connectivity index (χ3v) is 19.7. The van der Waals surface area contributed by atoms with E-state index in [1.807, 2.05) is 0 Å². The zero-order valence-corrected chi connectivity index (χ0v) is 53.6. The van der Waals surface area contributed by atoms with Gasteiger partial charge in [-0.3, -0.25) is 32.1 Å². The van der Waals surface area contributed by atoms with Crippen molar-refractivity contribution in [2.45, 2.75) is 44.4 Å². The van der Waals surface area contributed by atoms with Crippen LogP contribution in [0.25, 0.3) is 72.5 Å². The van der Waals surface area contributed by atoms with Crippen LogP contribution in [0, 0.1) is 34.9 Å². The average Bonchev–Trinajstić information content (AvgIpc) is 1.60. The summed E-state index contributed by atoms with van der Waals surface area (Å²) in [6.45, 7) is 4.49. The number of fused-ring (bicyclic) bond motifs is 6. The molecule has 0 saturated carbocycles. The van der Waals surface area contributed by atoms with Crippen LogP contribution in [-0.4, -0.2) is 120 Å². The van der Waals surface area contributed by atoms with Crippen molar-refractivity contribution < 1.29 is 89.1 Å². The number of aliphatic hydroxyl groups excluding tert-OH is 1. The molecule has 0 aliphatic carbocycles. The van der Waals surface area contributed by atoms with Gasteiger partial charge in [-0.2, -0.15) is 0 Å². The van der Waals surface area contributed by atoms with Gasteiger partial charge in [0.1, 0.15) is 51.7 Å². The molecule has 0 bridgehead atoms. The first-order chi connectivity index (χ1) is 44.4. The Morgan fingerprint density at radius 2 is 0.851 bits per heavy atom. The Morgan fingerprint density at radius 3 is 1.23 bits per heavy atom. The number of carbonyl (C=O) groups excluding carboxylic acids is 4. The lowest BCUT2D eigenvalue weighted by Gasteiger charge is -2.23. The van der Waals surface area contributed by atoms with Crippen molar-refractivity contribution in [1.29, 1.82) is 0 Å². The fourth-order valence-electron chi connectivity index (χ4n) is 11.8. The van der Waals surface area contributed by atoms with Crippen molar-refractivity contribution in [3.8, 4) is 34.0 Å². The summed E-state index contributed by atoms with van der Waals surface area (Å²) in [7, 11) is -6.65. The van der Waals surface area contributed by atoms with Crippen molar-refractivity contribution in [3.63, 3.8) is 0 Å². The zero-order chi connectivity index (χ0) is 68.2. The Bertz CT molecular complexity index is 4790. The largest absolute Gasteiger partial charge is 0.455 e. The maximum atomic E-state index is 14.5. The fraction of sp³-hybridized carbons (Fsp3) is 0.262. The second-order valence-corrected chi connectivity index (χ2v) is 28.1. The molecule has 494 valence electrons. The van der Waals surface area contributed by atoms with Gasteiger partial charge in [0.15, 0.2) is 23.1 Å². The maximum Gasteiger partial charge on any atom is 0.255 e. The number of ketones is 1. The van der Waals surface area contributed by atoms with Crippen LogP contribution in [-0.2, 0) is 30.1 Å². The molecular formula is C65H60F6N6O14S3. The fourth-order valence-corrected chi connectivity index (χ4v) is 14.7. The number of sulfonamides is 3. The van der Waals surface area contributed by atoms with Crippen LogP contribution in [0.5, 0.6) is 0 Å². The van der Waals surface area contributed by atoms with Crippen molar-refractivity contribution in [2.24, 2.45) is 0 Å².